The number of carbonyl (C=O) groups excluding carboxylic acids is 1. The highest BCUT2D eigenvalue weighted by Crippen LogP contribution is 2.19. The number of carboxylic acid groups (broad SMARTS) is 1. The van der Waals surface area contributed by atoms with Crippen LogP contribution in [0.4, 0.5) is 0 Å². The van der Waals surface area contributed by atoms with E-state index in [1.165, 1.54) is 11.3 Å². The molecule has 18 heavy (non-hydrogen) atoms. The molecule has 0 saturated heterocycles. The highest BCUT2D eigenvalue weighted by atomic mass is 32.1. The maximum Gasteiger partial charge on any atom is 0.345 e. The van der Waals surface area contributed by atoms with Crippen LogP contribution in [0.2, 0.25) is 0 Å². The maximum absolute atomic E-state index is 11.6. The molecule has 0 bridgehead atoms. The Morgan fingerprint density at radius 2 is 2.22 bits per heavy atom. The van der Waals surface area contributed by atoms with Gasteiger partial charge in [-0.1, -0.05) is 0 Å². The first kappa shape index (κ1) is 13.0. The van der Waals surface area contributed by atoms with Gasteiger partial charge >= 0.3 is 5.97 Å². The molecule has 1 aliphatic rings. The number of thiophene rings is 1. The molecule has 2 N–H and O–H groups in total. The molecule has 1 aliphatic carbocycles. The average molecular weight is 268 g/mol. The Morgan fingerprint density at radius 1 is 1.50 bits per heavy atom. The van der Waals surface area contributed by atoms with Crippen molar-refractivity contribution in [1.29, 1.82) is 0 Å². The van der Waals surface area contributed by atoms with Gasteiger partial charge in [-0.05, 0) is 32.0 Å². The topological polar surface area (TPSA) is 69.6 Å². The molecule has 1 heterocycles. The van der Waals surface area contributed by atoms with Gasteiger partial charge in [0, 0.05) is 17.5 Å². The zero-order valence-corrected chi connectivity index (χ0v) is 11.0. The van der Waals surface area contributed by atoms with Crippen molar-refractivity contribution in [3.8, 4) is 0 Å². The number of hydrogen-bond donors (Lipinski definition) is 2. The quantitative estimate of drug-likeness (QED) is 0.812. The second kappa shape index (κ2) is 5.49. The van der Waals surface area contributed by atoms with E-state index in [9.17, 15) is 9.59 Å². The van der Waals surface area contributed by atoms with Crippen molar-refractivity contribution in [2.45, 2.75) is 25.4 Å². The number of likely N-dealkylation sites (N-methyl/N-ethyl adjacent to an activating group) is 1. The predicted octanol–water partition coefficient (Wildman–Crippen LogP) is 1.16. The first-order valence-corrected chi connectivity index (χ1v) is 6.66. The van der Waals surface area contributed by atoms with Gasteiger partial charge in [-0.15, -0.1) is 11.3 Å². The minimum atomic E-state index is -0.902. The molecule has 1 aromatic heterocycles. The SMILES string of the molecule is CN(CC(=O)NC1CC1)Cc1ccc(C(=O)O)s1. The monoisotopic (exact) mass is 268 g/mol. The molecule has 0 atom stereocenters. The van der Waals surface area contributed by atoms with Crippen molar-refractivity contribution >= 4 is 23.2 Å². The van der Waals surface area contributed by atoms with E-state index in [2.05, 4.69) is 5.32 Å². The second-order valence-corrected chi connectivity index (χ2v) is 5.75. The summed E-state index contributed by atoms with van der Waals surface area (Å²) in [6.45, 7) is 0.937. The van der Waals surface area contributed by atoms with Crippen LogP contribution in [0, 0.1) is 0 Å². The summed E-state index contributed by atoms with van der Waals surface area (Å²) in [6.07, 6.45) is 2.17. The predicted molar refractivity (Wildman–Crippen MR) is 68.8 cm³/mol. The minimum absolute atomic E-state index is 0.0371. The largest absolute Gasteiger partial charge is 0.477 e. The van der Waals surface area contributed by atoms with Crippen molar-refractivity contribution in [2.24, 2.45) is 0 Å². The van der Waals surface area contributed by atoms with Gasteiger partial charge in [0.25, 0.3) is 0 Å². The zero-order valence-electron chi connectivity index (χ0n) is 10.2. The van der Waals surface area contributed by atoms with E-state index in [0.29, 0.717) is 24.0 Å². The summed E-state index contributed by atoms with van der Waals surface area (Å²) in [6, 6.07) is 3.77. The van der Waals surface area contributed by atoms with Crippen LogP contribution in [0.15, 0.2) is 12.1 Å². The van der Waals surface area contributed by atoms with Gasteiger partial charge in [0.15, 0.2) is 0 Å². The Morgan fingerprint density at radius 3 is 2.78 bits per heavy atom. The lowest BCUT2D eigenvalue weighted by molar-refractivity contribution is -0.122. The normalized spacial score (nSPS) is 14.8. The fourth-order valence-electron chi connectivity index (χ4n) is 1.65. The van der Waals surface area contributed by atoms with Crippen LogP contribution in [-0.4, -0.2) is 41.5 Å². The maximum atomic E-state index is 11.6. The number of hydrogen-bond acceptors (Lipinski definition) is 4. The Kier molecular flexibility index (Phi) is 3.98. The summed E-state index contributed by atoms with van der Waals surface area (Å²) in [5.41, 5.74) is 0. The number of nitrogens with zero attached hydrogens (tertiary/aromatic N) is 1. The van der Waals surface area contributed by atoms with Gasteiger partial charge < -0.3 is 10.4 Å². The third-order valence-electron chi connectivity index (χ3n) is 2.65. The highest BCUT2D eigenvalue weighted by Gasteiger charge is 2.23. The van der Waals surface area contributed by atoms with Crippen LogP contribution in [0.25, 0.3) is 0 Å². The summed E-state index contributed by atoms with van der Waals surface area (Å²) >= 11 is 1.25. The van der Waals surface area contributed by atoms with Crippen LogP contribution in [0.3, 0.4) is 0 Å². The smallest absolute Gasteiger partial charge is 0.345 e. The van der Waals surface area contributed by atoms with Gasteiger partial charge in [0.05, 0.1) is 6.54 Å². The number of aromatic carboxylic acids is 1. The van der Waals surface area contributed by atoms with Crippen molar-refractivity contribution in [3.63, 3.8) is 0 Å². The Balaban J connectivity index is 1.79. The number of carboxylic acids is 1. The van der Waals surface area contributed by atoms with Crippen molar-refractivity contribution in [2.75, 3.05) is 13.6 Å². The van der Waals surface area contributed by atoms with Crippen molar-refractivity contribution in [3.05, 3.63) is 21.9 Å². The van der Waals surface area contributed by atoms with Gasteiger partial charge in [0.1, 0.15) is 4.88 Å². The van der Waals surface area contributed by atoms with Gasteiger partial charge in [-0.2, -0.15) is 0 Å². The van der Waals surface area contributed by atoms with E-state index in [0.717, 1.165) is 17.7 Å². The minimum Gasteiger partial charge on any atom is -0.477 e. The van der Waals surface area contributed by atoms with E-state index < -0.39 is 5.97 Å². The van der Waals surface area contributed by atoms with Crippen molar-refractivity contribution < 1.29 is 14.7 Å². The Hall–Kier alpha value is -1.40. The summed E-state index contributed by atoms with van der Waals surface area (Å²) in [7, 11) is 1.85. The molecule has 5 nitrogen and oxygen atoms in total. The van der Waals surface area contributed by atoms with E-state index in [-0.39, 0.29) is 5.91 Å². The molecule has 0 spiro atoms. The molecule has 2 rings (SSSR count). The van der Waals surface area contributed by atoms with Crippen LogP contribution < -0.4 is 5.32 Å². The molecule has 1 saturated carbocycles. The average Bonchev–Trinajstić information content (AvgIpc) is 2.93. The lowest BCUT2D eigenvalue weighted by atomic mass is 10.4. The Bertz CT molecular complexity index is 454. The number of rotatable bonds is 6. The zero-order chi connectivity index (χ0) is 13.1. The lowest BCUT2D eigenvalue weighted by Gasteiger charge is -2.14. The molecular weight excluding hydrogens is 252 g/mol. The first-order chi connectivity index (χ1) is 8.54. The molecule has 1 amide bonds. The van der Waals surface area contributed by atoms with Crippen LogP contribution in [0.1, 0.15) is 27.4 Å². The van der Waals surface area contributed by atoms with Gasteiger partial charge in [-0.3, -0.25) is 9.69 Å². The van der Waals surface area contributed by atoms with E-state index >= 15 is 0 Å². The van der Waals surface area contributed by atoms with Crippen LogP contribution in [-0.2, 0) is 11.3 Å². The van der Waals surface area contributed by atoms with Gasteiger partial charge in [0.2, 0.25) is 5.91 Å². The third-order valence-corrected chi connectivity index (χ3v) is 3.71. The first-order valence-electron chi connectivity index (χ1n) is 5.84. The molecule has 1 fully saturated rings. The lowest BCUT2D eigenvalue weighted by Crippen LogP contribution is -2.35. The summed E-state index contributed by atoms with van der Waals surface area (Å²) in [4.78, 5) is 25.5. The molecular formula is C12H16N2O3S. The van der Waals surface area contributed by atoms with E-state index in [4.69, 9.17) is 5.11 Å². The third kappa shape index (κ3) is 3.82. The summed E-state index contributed by atoms with van der Waals surface area (Å²) in [5.74, 6) is -0.865. The van der Waals surface area contributed by atoms with Crippen molar-refractivity contribution in [1.82, 2.24) is 10.2 Å². The van der Waals surface area contributed by atoms with Gasteiger partial charge in [-0.25, -0.2) is 4.79 Å². The molecule has 6 heteroatoms. The molecule has 1 aromatic rings. The number of amides is 1. The molecule has 0 aliphatic heterocycles. The van der Waals surface area contributed by atoms with E-state index in [1.807, 2.05) is 11.9 Å². The number of carbonyl (C=O) groups is 2. The molecule has 0 aromatic carbocycles. The number of nitrogens with one attached hydrogen (secondary N) is 1. The summed E-state index contributed by atoms with van der Waals surface area (Å²) in [5, 5.41) is 11.7. The summed E-state index contributed by atoms with van der Waals surface area (Å²) < 4.78 is 0. The second-order valence-electron chi connectivity index (χ2n) is 4.59. The fourth-order valence-corrected chi connectivity index (χ4v) is 2.57. The fraction of sp³-hybridized carbons (Fsp3) is 0.500. The Labute approximate surface area is 109 Å². The molecule has 98 valence electrons. The van der Waals surface area contributed by atoms with Crippen LogP contribution >= 0.6 is 11.3 Å². The van der Waals surface area contributed by atoms with Crippen LogP contribution in [0.5, 0.6) is 0 Å². The molecule has 0 radical (unpaired) electrons. The standard InChI is InChI=1S/C12H16N2O3S/c1-14(7-11(15)13-8-2-3-8)6-9-4-5-10(18-9)12(16)17/h4-5,8H,2-3,6-7H2,1H3,(H,13,15)(H,16,17). The molecule has 0 unspecified atom stereocenters. The van der Waals surface area contributed by atoms with E-state index in [1.54, 1.807) is 12.1 Å². The highest BCUT2D eigenvalue weighted by molar-refractivity contribution is 7.13.